The van der Waals surface area contributed by atoms with Crippen LogP contribution in [0.5, 0.6) is 0 Å². The van der Waals surface area contributed by atoms with E-state index >= 15 is 0 Å². The number of primary amides is 1. The van der Waals surface area contributed by atoms with E-state index in [0.717, 1.165) is 4.57 Å². The number of nitrogens with one attached hydrogen (secondary N) is 1. The molecule has 0 radical (unpaired) electrons. The van der Waals surface area contributed by atoms with Crippen LogP contribution in [-0.2, 0) is 25.4 Å². The molecule has 1 aromatic carbocycles. The quantitative estimate of drug-likeness (QED) is 0.167. The van der Waals surface area contributed by atoms with Gasteiger partial charge in [-0.25, -0.2) is 8.42 Å². The number of nitrogens with two attached hydrogens (primary N) is 3. The number of hydrogen-bond donors (Lipinski definition) is 4. The van der Waals surface area contributed by atoms with Crippen LogP contribution < -0.4 is 27.5 Å². The average Bonchev–Trinajstić information content (AvgIpc) is 2.65. The molecule has 7 N–H and O–H groups in total. The zero-order valence-electron chi connectivity index (χ0n) is 16.6. The van der Waals surface area contributed by atoms with Gasteiger partial charge >= 0.3 is 0 Å². The van der Waals surface area contributed by atoms with E-state index in [1.54, 1.807) is 25.1 Å². The number of guanidine groups is 1. The first-order chi connectivity index (χ1) is 14.5. The molecule has 1 atom stereocenters. The van der Waals surface area contributed by atoms with Crippen LogP contribution in [0.4, 0.5) is 5.69 Å². The normalized spacial score (nSPS) is 12.1. The predicted molar refractivity (Wildman–Crippen MR) is 118 cm³/mol. The summed E-state index contributed by atoms with van der Waals surface area (Å²) < 4.78 is 28.5. The molecule has 0 bridgehead atoms. The molecule has 2 rings (SSSR count). The second-order valence-corrected chi connectivity index (χ2v) is 8.77. The topological polar surface area (TPSA) is 185 Å². The molecule has 0 aliphatic heterocycles. The van der Waals surface area contributed by atoms with E-state index < -0.39 is 33.3 Å². The maximum Gasteiger partial charge on any atom is 0.275 e. The number of oxime groups is 1. The maximum absolute atomic E-state index is 13.0. The molecule has 1 amide bonds. The van der Waals surface area contributed by atoms with Crippen LogP contribution in [-0.4, -0.2) is 31.5 Å². The van der Waals surface area contributed by atoms with Crippen molar-refractivity contribution >= 4 is 39.2 Å². The smallest absolute Gasteiger partial charge is 0.275 e. The van der Waals surface area contributed by atoms with Crippen molar-refractivity contribution in [2.24, 2.45) is 22.4 Å². The highest BCUT2D eigenvalue weighted by Crippen LogP contribution is 2.17. The van der Waals surface area contributed by atoms with Gasteiger partial charge in [0.2, 0.25) is 21.9 Å². The number of nitrogens with zero attached hydrogens (tertiary/aromatic N) is 2. The van der Waals surface area contributed by atoms with E-state index in [9.17, 15) is 18.0 Å². The second-order valence-electron chi connectivity index (χ2n) is 6.61. The Bertz CT molecular complexity index is 1140. The number of benzene rings is 1. The number of rotatable bonds is 10. The standard InChI is InChI=1S/C18H23ClN6O5S/c1-11-5-6-14(24-31(28,29)10-12-3-2-4-13(19)9-12)17(27)25(11)15(16(20)26)7-8-30-23-18(21)22/h2-6,9,15,24H,7-8,10H2,1H3,(H2,20,26)(H4,21,22,23). The summed E-state index contributed by atoms with van der Waals surface area (Å²) in [6, 6.07) is 8.03. The van der Waals surface area contributed by atoms with Gasteiger partial charge in [-0.1, -0.05) is 23.7 Å². The third kappa shape index (κ3) is 6.89. The van der Waals surface area contributed by atoms with Gasteiger partial charge in [-0.05, 0) is 41.9 Å². The maximum atomic E-state index is 13.0. The van der Waals surface area contributed by atoms with E-state index in [1.165, 1.54) is 18.2 Å². The van der Waals surface area contributed by atoms with Crippen molar-refractivity contribution in [3.05, 3.63) is 63.0 Å². The van der Waals surface area contributed by atoms with Gasteiger partial charge in [0.1, 0.15) is 18.3 Å². The lowest BCUT2D eigenvalue weighted by Gasteiger charge is -2.20. The number of aromatic nitrogens is 1. The highest BCUT2D eigenvalue weighted by atomic mass is 35.5. The van der Waals surface area contributed by atoms with E-state index in [4.69, 9.17) is 33.6 Å². The zero-order valence-corrected chi connectivity index (χ0v) is 18.2. The summed E-state index contributed by atoms with van der Waals surface area (Å²) in [7, 11) is -3.94. The molecule has 0 fully saturated rings. The first-order valence-corrected chi connectivity index (χ1v) is 11.0. The molecule has 11 nitrogen and oxygen atoms in total. The molecule has 0 saturated heterocycles. The molecular formula is C18H23ClN6O5S. The Balaban J connectivity index is 2.30. The number of halogens is 1. The lowest BCUT2D eigenvalue weighted by atomic mass is 10.1. The zero-order chi connectivity index (χ0) is 23.2. The number of carbonyl (C=O) groups is 1. The highest BCUT2D eigenvalue weighted by molar-refractivity contribution is 7.91. The summed E-state index contributed by atoms with van der Waals surface area (Å²) in [5.74, 6) is -1.51. The van der Waals surface area contributed by atoms with Gasteiger partial charge in [-0.15, -0.1) is 0 Å². The molecule has 31 heavy (non-hydrogen) atoms. The largest absolute Gasteiger partial charge is 0.393 e. The van der Waals surface area contributed by atoms with Gasteiger partial charge in [-0.3, -0.25) is 18.9 Å². The first-order valence-electron chi connectivity index (χ1n) is 8.97. The molecule has 0 aliphatic rings. The lowest BCUT2D eigenvalue weighted by Crippen LogP contribution is -2.37. The van der Waals surface area contributed by atoms with Crippen molar-refractivity contribution in [3.63, 3.8) is 0 Å². The van der Waals surface area contributed by atoms with E-state index in [1.807, 2.05) is 0 Å². The number of carbonyl (C=O) groups excluding carboxylic acids is 1. The van der Waals surface area contributed by atoms with Crippen LogP contribution in [0.25, 0.3) is 0 Å². The molecule has 0 spiro atoms. The minimum absolute atomic E-state index is 0.0222. The summed E-state index contributed by atoms with van der Waals surface area (Å²) >= 11 is 5.89. The summed E-state index contributed by atoms with van der Waals surface area (Å²) in [6.07, 6.45) is -0.0222. The van der Waals surface area contributed by atoms with Crippen LogP contribution in [0.3, 0.4) is 0 Å². The minimum atomic E-state index is -3.94. The molecule has 13 heteroatoms. The van der Waals surface area contributed by atoms with Crippen molar-refractivity contribution < 1.29 is 18.0 Å². The summed E-state index contributed by atoms with van der Waals surface area (Å²) in [5.41, 5.74) is 15.6. The lowest BCUT2D eigenvalue weighted by molar-refractivity contribution is -0.121. The Morgan fingerprint density at radius 1 is 1.26 bits per heavy atom. The first kappa shape index (κ1) is 24.0. The Kier molecular flexibility index (Phi) is 7.89. The monoisotopic (exact) mass is 470 g/mol. The van der Waals surface area contributed by atoms with Crippen LogP contribution in [0.1, 0.15) is 23.7 Å². The van der Waals surface area contributed by atoms with Gasteiger partial charge in [0.25, 0.3) is 5.56 Å². The second kappa shape index (κ2) is 10.2. The molecule has 0 saturated carbocycles. The number of hydrogen-bond acceptors (Lipinski definition) is 6. The van der Waals surface area contributed by atoms with Crippen LogP contribution in [0.15, 0.2) is 46.3 Å². The van der Waals surface area contributed by atoms with Gasteiger partial charge in [-0.2, -0.15) is 0 Å². The van der Waals surface area contributed by atoms with Gasteiger partial charge in [0, 0.05) is 17.1 Å². The Hall–Kier alpha value is -3.25. The minimum Gasteiger partial charge on any atom is -0.393 e. The van der Waals surface area contributed by atoms with Gasteiger partial charge in [0.05, 0.1) is 5.75 Å². The molecule has 2 aromatic rings. The van der Waals surface area contributed by atoms with E-state index in [2.05, 4.69) is 9.88 Å². The Morgan fingerprint density at radius 2 is 1.97 bits per heavy atom. The Morgan fingerprint density at radius 3 is 2.58 bits per heavy atom. The number of anilines is 1. The van der Waals surface area contributed by atoms with E-state index in [-0.39, 0.29) is 24.7 Å². The fourth-order valence-electron chi connectivity index (χ4n) is 2.84. The highest BCUT2D eigenvalue weighted by Gasteiger charge is 2.23. The van der Waals surface area contributed by atoms with Crippen LogP contribution in [0.2, 0.25) is 5.02 Å². The SMILES string of the molecule is Cc1ccc(NS(=O)(=O)Cc2cccc(Cl)c2)c(=O)n1C(CCON=C(N)N)C(N)=O. The molecule has 168 valence electrons. The summed E-state index contributed by atoms with van der Waals surface area (Å²) in [6.45, 7) is 1.47. The van der Waals surface area contributed by atoms with Crippen molar-refractivity contribution in [2.75, 3.05) is 11.3 Å². The number of amides is 1. The molecule has 0 aliphatic carbocycles. The van der Waals surface area contributed by atoms with Crippen molar-refractivity contribution in [2.45, 2.75) is 25.1 Å². The molecular weight excluding hydrogens is 448 g/mol. The van der Waals surface area contributed by atoms with Gasteiger partial charge in [0.15, 0.2) is 0 Å². The van der Waals surface area contributed by atoms with Gasteiger partial charge < -0.3 is 22.0 Å². The predicted octanol–water partition coefficient (Wildman–Crippen LogP) is 0.374. The molecule has 1 heterocycles. The average molecular weight is 471 g/mol. The fraction of sp³-hybridized carbons (Fsp3) is 0.278. The third-order valence-electron chi connectivity index (χ3n) is 4.12. The number of pyridine rings is 1. The van der Waals surface area contributed by atoms with E-state index in [0.29, 0.717) is 16.3 Å². The molecule has 1 unspecified atom stereocenters. The Labute approximate surface area is 183 Å². The summed E-state index contributed by atoms with van der Waals surface area (Å²) in [5, 5.41) is 3.72. The summed E-state index contributed by atoms with van der Waals surface area (Å²) in [4.78, 5) is 29.8. The third-order valence-corrected chi connectivity index (χ3v) is 5.60. The van der Waals surface area contributed by atoms with Crippen LogP contribution >= 0.6 is 11.6 Å². The number of aryl methyl sites for hydroxylation is 1. The van der Waals surface area contributed by atoms with Crippen LogP contribution in [0, 0.1) is 6.92 Å². The number of sulfonamides is 1. The van der Waals surface area contributed by atoms with Crippen molar-refractivity contribution in [3.8, 4) is 0 Å². The molecule has 1 aromatic heterocycles. The fourth-order valence-corrected chi connectivity index (χ4v) is 4.24. The van der Waals surface area contributed by atoms with Crippen molar-refractivity contribution in [1.29, 1.82) is 0 Å². The van der Waals surface area contributed by atoms with Crippen molar-refractivity contribution in [1.82, 2.24) is 4.57 Å².